The summed E-state index contributed by atoms with van der Waals surface area (Å²) < 4.78 is 5.71. The van der Waals surface area contributed by atoms with Crippen molar-refractivity contribution in [2.24, 2.45) is 0 Å². The van der Waals surface area contributed by atoms with Crippen LogP contribution in [-0.4, -0.2) is 37.0 Å². The third-order valence-corrected chi connectivity index (χ3v) is 6.51. The van der Waals surface area contributed by atoms with Crippen LogP contribution in [-0.2, 0) is 16.0 Å². The van der Waals surface area contributed by atoms with Crippen LogP contribution >= 0.6 is 0 Å². The number of likely N-dealkylation sites (N-methyl/N-ethyl adjacent to an activating group) is 1. The number of anilines is 2. The molecule has 2 aliphatic rings. The molecule has 1 unspecified atom stereocenters. The number of benzene rings is 3. The van der Waals surface area contributed by atoms with Crippen molar-refractivity contribution in [2.75, 3.05) is 30.0 Å². The number of nitrogens with zero attached hydrogens (tertiary/aromatic N) is 2. The second-order valence-electron chi connectivity index (χ2n) is 8.55. The average molecular weight is 455 g/mol. The van der Waals surface area contributed by atoms with Crippen LogP contribution in [0, 0.1) is 0 Å². The number of aliphatic hydroxyl groups excluding tert-OH is 1. The van der Waals surface area contributed by atoms with Crippen LogP contribution in [0.5, 0.6) is 5.75 Å². The fourth-order valence-corrected chi connectivity index (χ4v) is 4.59. The highest BCUT2D eigenvalue weighted by Crippen LogP contribution is 2.43. The minimum absolute atomic E-state index is 0.0810. The van der Waals surface area contributed by atoms with E-state index in [9.17, 15) is 14.7 Å². The number of carbonyl (C=O) groups is 2. The summed E-state index contributed by atoms with van der Waals surface area (Å²) in [5.74, 6) is -0.825. The van der Waals surface area contributed by atoms with Gasteiger partial charge in [0.1, 0.15) is 18.1 Å². The van der Waals surface area contributed by atoms with Crippen molar-refractivity contribution < 1.29 is 19.4 Å². The monoisotopic (exact) mass is 454 g/mol. The molecule has 1 atom stereocenters. The van der Waals surface area contributed by atoms with Gasteiger partial charge in [0, 0.05) is 18.3 Å². The van der Waals surface area contributed by atoms with Crippen LogP contribution in [0.2, 0.25) is 0 Å². The van der Waals surface area contributed by atoms with Crippen molar-refractivity contribution in [2.45, 2.75) is 19.4 Å². The normalized spacial score (nSPS) is 19.2. The van der Waals surface area contributed by atoms with Crippen LogP contribution in [0.1, 0.15) is 29.7 Å². The van der Waals surface area contributed by atoms with Gasteiger partial charge in [-0.2, -0.15) is 0 Å². The van der Waals surface area contributed by atoms with E-state index < -0.39 is 17.7 Å². The Morgan fingerprint density at radius 1 is 1.03 bits per heavy atom. The Kier molecular flexibility index (Phi) is 5.57. The maximum atomic E-state index is 13.3. The summed E-state index contributed by atoms with van der Waals surface area (Å²) in [7, 11) is 1.95. The van der Waals surface area contributed by atoms with E-state index >= 15 is 0 Å². The summed E-state index contributed by atoms with van der Waals surface area (Å²) in [5.41, 5.74) is 3.90. The molecule has 5 rings (SSSR count). The zero-order valence-electron chi connectivity index (χ0n) is 19.2. The molecule has 3 aromatic rings. The van der Waals surface area contributed by atoms with Crippen molar-refractivity contribution in [3.05, 3.63) is 95.1 Å². The van der Waals surface area contributed by atoms with Crippen LogP contribution in [0.4, 0.5) is 11.4 Å². The van der Waals surface area contributed by atoms with E-state index in [1.807, 2.05) is 54.4 Å². The number of Topliss-reactive ketones (excluding diaryl/α,β-unsaturated/α-hetero) is 1. The number of para-hydroxylation sites is 1. The first-order chi connectivity index (χ1) is 16.5. The molecule has 6 heteroatoms. The smallest absolute Gasteiger partial charge is 0.300 e. The Bertz CT molecular complexity index is 1280. The van der Waals surface area contributed by atoms with Gasteiger partial charge < -0.3 is 14.7 Å². The molecule has 0 spiro atoms. The summed E-state index contributed by atoms with van der Waals surface area (Å²) >= 11 is 0. The summed E-state index contributed by atoms with van der Waals surface area (Å²) in [6.07, 6.45) is 0.879. The lowest BCUT2D eigenvalue weighted by molar-refractivity contribution is -0.132. The molecule has 0 radical (unpaired) electrons. The molecule has 1 fully saturated rings. The van der Waals surface area contributed by atoms with Gasteiger partial charge in [-0.15, -0.1) is 0 Å². The van der Waals surface area contributed by atoms with Gasteiger partial charge in [-0.3, -0.25) is 14.5 Å². The molecule has 1 saturated heterocycles. The van der Waals surface area contributed by atoms with E-state index in [0.29, 0.717) is 17.9 Å². The minimum Gasteiger partial charge on any atom is -0.507 e. The van der Waals surface area contributed by atoms with Crippen molar-refractivity contribution >= 4 is 28.8 Å². The molecule has 0 saturated carbocycles. The molecular formula is C28H26N2O4. The largest absolute Gasteiger partial charge is 0.507 e. The Labute approximate surface area is 198 Å². The predicted molar refractivity (Wildman–Crippen MR) is 132 cm³/mol. The number of carbonyl (C=O) groups excluding carboxylic acids is 2. The van der Waals surface area contributed by atoms with E-state index in [1.54, 1.807) is 30.3 Å². The molecule has 3 aromatic carbocycles. The molecule has 2 aliphatic heterocycles. The van der Waals surface area contributed by atoms with Crippen molar-refractivity contribution in [3.8, 4) is 5.75 Å². The first-order valence-electron chi connectivity index (χ1n) is 11.4. The predicted octanol–water partition coefficient (Wildman–Crippen LogP) is 4.70. The summed E-state index contributed by atoms with van der Waals surface area (Å²) in [6.45, 7) is 3.38. The van der Waals surface area contributed by atoms with E-state index in [-0.39, 0.29) is 11.3 Å². The molecule has 2 heterocycles. The van der Waals surface area contributed by atoms with Gasteiger partial charge in [-0.25, -0.2) is 0 Å². The highest BCUT2D eigenvalue weighted by Gasteiger charge is 2.47. The van der Waals surface area contributed by atoms with Crippen LogP contribution < -0.4 is 14.5 Å². The van der Waals surface area contributed by atoms with Gasteiger partial charge in [-0.1, -0.05) is 49.4 Å². The van der Waals surface area contributed by atoms with E-state index in [1.165, 1.54) is 4.90 Å². The SMILES string of the molecule is CCc1ccc(C2/C(=C(/O)c3ccc4c(c3)N(C)CCO4)C(=O)C(=O)N2c2ccccc2)cc1. The number of ketones is 1. The molecule has 172 valence electrons. The quantitative estimate of drug-likeness (QED) is 0.351. The first-order valence-corrected chi connectivity index (χ1v) is 11.4. The zero-order valence-corrected chi connectivity index (χ0v) is 19.2. The lowest BCUT2D eigenvalue weighted by Crippen LogP contribution is -2.29. The van der Waals surface area contributed by atoms with Gasteiger partial charge >= 0.3 is 0 Å². The first kappa shape index (κ1) is 21.8. The minimum atomic E-state index is -0.738. The van der Waals surface area contributed by atoms with Crippen LogP contribution in [0.3, 0.4) is 0 Å². The molecule has 0 bridgehead atoms. The number of aliphatic hydroxyl groups is 1. The second kappa shape index (κ2) is 8.71. The summed E-state index contributed by atoms with van der Waals surface area (Å²) in [4.78, 5) is 30.1. The molecule has 34 heavy (non-hydrogen) atoms. The highest BCUT2D eigenvalue weighted by atomic mass is 16.5. The molecule has 6 nitrogen and oxygen atoms in total. The van der Waals surface area contributed by atoms with Crippen LogP contribution in [0.15, 0.2) is 78.4 Å². The van der Waals surface area contributed by atoms with E-state index in [2.05, 4.69) is 6.92 Å². The maximum absolute atomic E-state index is 13.3. The number of amides is 1. The zero-order chi connectivity index (χ0) is 23.8. The van der Waals surface area contributed by atoms with Gasteiger partial charge in [0.15, 0.2) is 0 Å². The fourth-order valence-electron chi connectivity index (χ4n) is 4.59. The van der Waals surface area contributed by atoms with Gasteiger partial charge in [-0.05, 0) is 47.9 Å². The standard InChI is InChI=1S/C28H26N2O4/c1-3-18-9-11-19(12-10-18)25-24(27(32)28(33)30(25)21-7-5-4-6-8-21)26(31)20-13-14-23-22(17-20)29(2)15-16-34-23/h4-14,17,25,31H,3,15-16H2,1-2H3/b26-24-. The summed E-state index contributed by atoms with van der Waals surface area (Å²) in [5, 5.41) is 11.4. The average Bonchev–Trinajstić information content (AvgIpc) is 3.14. The molecule has 0 aromatic heterocycles. The Morgan fingerprint density at radius 2 is 1.76 bits per heavy atom. The van der Waals surface area contributed by atoms with Crippen molar-refractivity contribution in [1.29, 1.82) is 0 Å². The lowest BCUT2D eigenvalue weighted by Gasteiger charge is -2.28. The topological polar surface area (TPSA) is 70.1 Å². The van der Waals surface area contributed by atoms with Gasteiger partial charge in [0.2, 0.25) is 0 Å². The van der Waals surface area contributed by atoms with Gasteiger partial charge in [0.25, 0.3) is 11.7 Å². The Balaban J connectivity index is 1.68. The Morgan fingerprint density at radius 3 is 2.47 bits per heavy atom. The number of fused-ring (bicyclic) bond motifs is 1. The molecule has 1 N–H and O–H groups in total. The third-order valence-electron chi connectivity index (χ3n) is 6.51. The number of hydrogen-bond acceptors (Lipinski definition) is 5. The van der Waals surface area contributed by atoms with Gasteiger partial charge in [0.05, 0.1) is 23.8 Å². The molecule has 1 amide bonds. The van der Waals surface area contributed by atoms with E-state index in [0.717, 1.165) is 35.5 Å². The lowest BCUT2D eigenvalue weighted by atomic mass is 9.94. The van der Waals surface area contributed by atoms with Crippen molar-refractivity contribution in [1.82, 2.24) is 0 Å². The fraction of sp³-hybridized carbons (Fsp3) is 0.214. The molecule has 0 aliphatic carbocycles. The third kappa shape index (κ3) is 3.61. The van der Waals surface area contributed by atoms with E-state index in [4.69, 9.17) is 4.74 Å². The number of aryl methyl sites for hydroxylation is 1. The Hall–Kier alpha value is -4.06. The molecular weight excluding hydrogens is 428 g/mol. The number of hydrogen-bond donors (Lipinski definition) is 1. The number of ether oxygens (including phenoxy) is 1. The van der Waals surface area contributed by atoms with Crippen molar-refractivity contribution in [3.63, 3.8) is 0 Å². The van der Waals surface area contributed by atoms with Crippen LogP contribution in [0.25, 0.3) is 5.76 Å². The number of rotatable bonds is 4. The summed E-state index contributed by atoms with van der Waals surface area (Å²) in [6, 6.07) is 21.5. The maximum Gasteiger partial charge on any atom is 0.300 e. The second-order valence-corrected chi connectivity index (χ2v) is 8.55. The highest BCUT2D eigenvalue weighted by molar-refractivity contribution is 6.51.